The summed E-state index contributed by atoms with van der Waals surface area (Å²) in [6.45, 7) is 3.36. The molecule has 0 aromatic carbocycles. The first-order valence-corrected chi connectivity index (χ1v) is 1.65. The van der Waals surface area contributed by atoms with Crippen molar-refractivity contribution in [2.24, 2.45) is 5.73 Å². The van der Waals surface area contributed by atoms with E-state index in [4.69, 9.17) is 12.2 Å². The molecule has 0 bridgehead atoms. The highest BCUT2D eigenvalue weighted by atomic mass is 14.6. The van der Waals surface area contributed by atoms with Crippen LogP contribution in [0.4, 0.5) is 0 Å². The summed E-state index contributed by atoms with van der Waals surface area (Å²) in [5.74, 6) is 2.27. The Kier molecular flexibility index (Phi) is 2.19. The van der Waals surface area contributed by atoms with Crippen LogP contribution in [0, 0.1) is 12.3 Å². The first-order chi connectivity index (χ1) is 2.81. The average Bonchev–Trinajstić information content (AvgIpc) is 1.65. The lowest BCUT2D eigenvalue weighted by atomic mass is 10.3. The van der Waals surface area contributed by atoms with E-state index in [1.54, 1.807) is 0 Å². The molecule has 0 radical (unpaired) electrons. The van der Waals surface area contributed by atoms with Crippen molar-refractivity contribution in [3.05, 3.63) is 12.7 Å². The molecule has 6 heavy (non-hydrogen) atoms. The summed E-state index contributed by atoms with van der Waals surface area (Å²) in [7, 11) is 0. The minimum atomic E-state index is -0.273. The summed E-state index contributed by atoms with van der Waals surface area (Å²) in [5, 5.41) is 0. The van der Waals surface area contributed by atoms with Crippen LogP contribution < -0.4 is 5.73 Å². The van der Waals surface area contributed by atoms with Gasteiger partial charge in [0.25, 0.3) is 0 Å². The molecule has 0 saturated heterocycles. The van der Waals surface area contributed by atoms with Crippen LogP contribution in [-0.2, 0) is 0 Å². The highest BCUT2D eigenvalue weighted by Crippen LogP contribution is 1.68. The Morgan fingerprint density at radius 2 is 2.50 bits per heavy atom. The number of rotatable bonds is 1. The van der Waals surface area contributed by atoms with E-state index >= 15 is 0 Å². The van der Waals surface area contributed by atoms with Gasteiger partial charge < -0.3 is 5.73 Å². The monoisotopic (exact) mass is 81.1 g/mol. The van der Waals surface area contributed by atoms with Crippen molar-refractivity contribution in [2.45, 2.75) is 6.04 Å². The fraction of sp³-hybridized carbons (Fsp3) is 0.200. The summed E-state index contributed by atoms with van der Waals surface area (Å²) in [6, 6.07) is -0.273. The van der Waals surface area contributed by atoms with E-state index in [9.17, 15) is 0 Å². The van der Waals surface area contributed by atoms with Gasteiger partial charge in [-0.05, 0) is 0 Å². The molecule has 0 aliphatic carbocycles. The summed E-state index contributed by atoms with van der Waals surface area (Å²) < 4.78 is 0. The number of hydrogen-bond donors (Lipinski definition) is 1. The predicted molar refractivity (Wildman–Crippen MR) is 27.0 cm³/mol. The maximum atomic E-state index is 5.12. The van der Waals surface area contributed by atoms with E-state index in [0.29, 0.717) is 0 Å². The summed E-state index contributed by atoms with van der Waals surface area (Å²) in [5.41, 5.74) is 5.12. The second kappa shape index (κ2) is 2.49. The van der Waals surface area contributed by atoms with Crippen molar-refractivity contribution in [3.8, 4) is 12.3 Å². The molecular weight excluding hydrogens is 74.1 g/mol. The molecule has 0 amide bonds. The van der Waals surface area contributed by atoms with Crippen LogP contribution in [0.2, 0.25) is 0 Å². The largest absolute Gasteiger partial charge is 0.314 e. The van der Waals surface area contributed by atoms with Gasteiger partial charge in [-0.3, -0.25) is 0 Å². The molecule has 0 rings (SSSR count). The van der Waals surface area contributed by atoms with Crippen LogP contribution in [0.3, 0.4) is 0 Å². The summed E-state index contributed by atoms with van der Waals surface area (Å²) in [4.78, 5) is 0. The minimum absolute atomic E-state index is 0.273. The SMILES string of the molecule is C#C[C@H](N)C=C. The lowest BCUT2D eigenvalue weighted by Gasteiger charge is -1.86. The molecule has 0 heterocycles. The first-order valence-electron chi connectivity index (χ1n) is 1.65. The number of hydrogen-bond acceptors (Lipinski definition) is 1. The van der Waals surface area contributed by atoms with E-state index in [1.807, 2.05) is 0 Å². The third-order valence-corrected chi connectivity index (χ3v) is 0.446. The maximum absolute atomic E-state index is 5.12. The first kappa shape index (κ1) is 5.26. The van der Waals surface area contributed by atoms with Crippen LogP contribution in [0.25, 0.3) is 0 Å². The Morgan fingerprint density at radius 1 is 2.00 bits per heavy atom. The average molecular weight is 81.1 g/mol. The molecule has 0 aliphatic rings. The summed E-state index contributed by atoms with van der Waals surface area (Å²) in [6.07, 6.45) is 6.35. The molecular formula is C5H7N. The van der Waals surface area contributed by atoms with E-state index in [0.717, 1.165) is 0 Å². The molecule has 1 nitrogen and oxygen atoms in total. The predicted octanol–water partition coefficient (Wildman–Crippen LogP) is 0.133. The fourth-order valence-electron chi connectivity index (χ4n) is 0.0680. The Labute approximate surface area is 37.8 Å². The van der Waals surface area contributed by atoms with Crippen molar-refractivity contribution in [3.63, 3.8) is 0 Å². The highest BCUT2D eigenvalue weighted by Gasteiger charge is 1.79. The Balaban J connectivity index is 3.30. The topological polar surface area (TPSA) is 26.0 Å². The van der Waals surface area contributed by atoms with Gasteiger partial charge in [0.15, 0.2) is 0 Å². The smallest absolute Gasteiger partial charge is 0.0845 e. The van der Waals surface area contributed by atoms with E-state index < -0.39 is 0 Å². The van der Waals surface area contributed by atoms with Gasteiger partial charge in [-0.25, -0.2) is 0 Å². The van der Waals surface area contributed by atoms with Crippen molar-refractivity contribution < 1.29 is 0 Å². The van der Waals surface area contributed by atoms with Gasteiger partial charge in [-0.1, -0.05) is 12.0 Å². The van der Waals surface area contributed by atoms with Crippen LogP contribution in [-0.4, -0.2) is 6.04 Å². The molecule has 0 aromatic rings. The molecule has 0 fully saturated rings. The number of terminal acetylenes is 1. The Hall–Kier alpha value is -0.740. The van der Waals surface area contributed by atoms with Gasteiger partial charge in [0, 0.05) is 0 Å². The van der Waals surface area contributed by atoms with Crippen LogP contribution >= 0.6 is 0 Å². The van der Waals surface area contributed by atoms with Gasteiger partial charge in [0.1, 0.15) is 0 Å². The van der Waals surface area contributed by atoms with E-state index in [1.165, 1.54) is 6.08 Å². The maximum Gasteiger partial charge on any atom is 0.0845 e. The zero-order chi connectivity index (χ0) is 4.99. The molecule has 1 heteroatoms. The molecule has 0 aliphatic heterocycles. The normalized spacial score (nSPS) is 12.0. The Bertz CT molecular complexity index is 78.4. The summed E-state index contributed by atoms with van der Waals surface area (Å²) >= 11 is 0. The van der Waals surface area contributed by atoms with Crippen LogP contribution in [0.5, 0.6) is 0 Å². The van der Waals surface area contributed by atoms with Crippen molar-refractivity contribution in [1.82, 2.24) is 0 Å². The minimum Gasteiger partial charge on any atom is -0.314 e. The second-order valence-corrected chi connectivity index (χ2v) is 0.928. The second-order valence-electron chi connectivity index (χ2n) is 0.928. The lowest BCUT2D eigenvalue weighted by molar-refractivity contribution is 1.07. The van der Waals surface area contributed by atoms with Gasteiger partial charge >= 0.3 is 0 Å². The molecule has 1 atom stereocenters. The molecule has 0 spiro atoms. The molecule has 0 aromatic heterocycles. The molecule has 0 unspecified atom stereocenters. The highest BCUT2D eigenvalue weighted by molar-refractivity contribution is 5.05. The third kappa shape index (κ3) is 1.57. The van der Waals surface area contributed by atoms with Crippen molar-refractivity contribution in [2.75, 3.05) is 0 Å². The zero-order valence-corrected chi connectivity index (χ0v) is 3.52. The van der Waals surface area contributed by atoms with Crippen LogP contribution in [0.1, 0.15) is 0 Å². The van der Waals surface area contributed by atoms with Crippen molar-refractivity contribution in [1.29, 1.82) is 0 Å². The quantitative estimate of drug-likeness (QED) is 0.352. The van der Waals surface area contributed by atoms with E-state index in [2.05, 4.69) is 12.5 Å². The molecule has 0 saturated carbocycles. The van der Waals surface area contributed by atoms with Crippen LogP contribution in [0.15, 0.2) is 12.7 Å². The van der Waals surface area contributed by atoms with Gasteiger partial charge in [-0.15, -0.1) is 13.0 Å². The third-order valence-electron chi connectivity index (χ3n) is 0.446. The fourth-order valence-corrected chi connectivity index (χ4v) is 0.0680. The lowest BCUT2D eigenvalue weighted by Crippen LogP contribution is -2.11. The van der Waals surface area contributed by atoms with Gasteiger partial charge in [0.05, 0.1) is 6.04 Å². The van der Waals surface area contributed by atoms with Gasteiger partial charge in [-0.2, -0.15) is 0 Å². The standard InChI is InChI=1S/C5H7N/c1-3-5(6)4-2/h1,4-5H,2,6H2/t5-/m0/s1. The van der Waals surface area contributed by atoms with Crippen molar-refractivity contribution >= 4 is 0 Å². The Morgan fingerprint density at radius 3 is 2.50 bits per heavy atom. The number of nitrogens with two attached hydrogens (primary N) is 1. The molecule has 32 valence electrons. The molecule has 2 N–H and O–H groups in total. The van der Waals surface area contributed by atoms with Gasteiger partial charge in [0.2, 0.25) is 0 Å². The van der Waals surface area contributed by atoms with E-state index in [-0.39, 0.29) is 6.04 Å². The zero-order valence-electron chi connectivity index (χ0n) is 3.52.